The number of nitrogens with zero attached hydrogens (tertiary/aromatic N) is 1. The van der Waals surface area contributed by atoms with Gasteiger partial charge in [-0.25, -0.2) is 18.4 Å². The van der Waals surface area contributed by atoms with Crippen molar-refractivity contribution < 1.29 is 8.42 Å². The Bertz CT molecular complexity index is 629. The molecule has 0 bridgehead atoms. The highest BCUT2D eigenvalue weighted by atomic mass is 32.2. The van der Waals surface area contributed by atoms with Crippen molar-refractivity contribution in [3.63, 3.8) is 0 Å². The van der Waals surface area contributed by atoms with Crippen LogP contribution in [0.4, 0.5) is 11.5 Å². The zero-order valence-corrected chi connectivity index (χ0v) is 9.87. The lowest BCUT2D eigenvalue weighted by atomic mass is 10.4. The number of sulfonamides is 1. The summed E-state index contributed by atoms with van der Waals surface area (Å²) >= 11 is 0. The summed E-state index contributed by atoms with van der Waals surface area (Å²) in [6.07, 6.45) is 0. The maximum atomic E-state index is 11.4. The van der Waals surface area contributed by atoms with Crippen LogP contribution in [0.15, 0.2) is 9.59 Å². The maximum Gasteiger partial charge on any atom is 0.329 e. The Balaban J connectivity index is 2.97. The monoisotopic (exact) mass is 263 g/mol. The van der Waals surface area contributed by atoms with Gasteiger partial charge in [0, 0.05) is 13.6 Å². The van der Waals surface area contributed by atoms with Crippen LogP contribution in [0.3, 0.4) is 0 Å². The molecule has 0 aliphatic rings. The van der Waals surface area contributed by atoms with Gasteiger partial charge in [-0.15, -0.1) is 0 Å². The van der Waals surface area contributed by atoms with E-state index in [9.17, 15) is 18.0 Å². The summed E-state index contributed by atoms with van der Waals surface area (Å²) in [6.45, 7) is -0.0791. The molecule has 0 saturated heterocycles. The number of nitrogens with two attached hydrogens (primary N) is 2. The van der Waals surface area contributed by atoms with E-state index >= 15 is 0 Å². The zero-order valence-electron chi connectivity index (χ0n) is 9.06. The van der Waals surface area contributed by atoms with Crippen LogP contribution in [0.1, 0.15) is 0 Å². The molecule has 0 saturated carbocycles. The average Bonchev–Trinajstić information content (AvgIpc) is 2.18. The molecule has 0 aliphatic heterocycles. The third-order valence-corrected chi connectivity index (χ3v) is 2.83. The highest BCUT2D eigenvalue weighted by Gasteiger charge is 2.10. The summed E-state index contributed by atoms with van der Waals surface area (Å²) in [7, 11) is -2.25. The molecule has 1 aromatic rings. The quantitative estimate of drug-likeness (QED) is 0.465. The van der Waals surface area contributed by atoms with Gasteiger partial charge in [0.1, 0.15) is 11.5 Å². The fourth-order valence-corrected chi connectivity index (χ4v) is 1.51. The molecule has 6 N–H and O–H groups in total. The van der Waals surface area contributed by atoms with Crippen molar-refractivity contribution in [3.05, 3.63) is 20.8 Å². The van der Waals surface area contributed by atoms with E-state index in [0.717, 1.165) is 4.57 Å². The topological polar surface area (TPSA) is 153 Å². The van der Waals surface area contributed by atoms with Crippen LogP contribution < -0.4 is 27.4 Å². The predicted octanol–water partition coefficient (Wildman–Crippen LogP) is -2.64. The summed E-state index contributed by atoms with van der Waals surface area (Å²) < 4.78 is 22.4. The van der Waals surface area contributed by atoms with E-state index in [1.807, 2.05) is 4.98 Å². The average molecular weight is 263 g/mol. The zero-order chi connectivity index (χ0) is 13.2. The number of primary sulfonamides is 1. The highest BCUT2D eigenvalue weighted by molar-refractivity contribution is 7.89. The van der Waals surface area contributed by atoms with Crippen molar-refractivity contribution in [3.8, 4) is 0 Å². The van der Waals surface area contributed by atoms with Crippen molar-refractivity contribution in [2.24, 2.45) is 12.2 Å². The number of H-pyrrole nitrogens is 1. The van der Waals surface area contributed by atoms with E-state index in [4.69, 9.17) is 10.9 Å². The van der Waals surface area contributed by atoms with Crippen LogP contribution in [-0.2, 0) is 17.1 Å². The third kappa shape index (κ3) is 3.32. The Morgan fingerprint density at radius 3 is 2.53 bits per heavy atom. The number of rotatable bonds is 4. The number of aromatic nitrogens is 2. The molecule has 1 rings (SSSR count). The number of nitrogen functional groups attached to an aromatic ring is 1. The number of hydrogen-bond donors (Lipinski definition) is 4. The van der Waals surface area contributed by atoms with Crippen LogP contribution >= 0.6 is 0 Å². The fourth-order valence-electron chi connectivity index (χ4n) is 1.13. The maximum absolute atomic E-state index is 11.4. The van der Waals surface area contributed by atoms with E-state index in [0.29, 0.717) is 0 Å². The molecule has 0 atom stereocenters. The summed E-state index contributed by atoms with van der Waals surface area (Å²) in [6, 6.07) is 0. The van der Waals surface area contributed by atoms with Crippen LogP contribution in [0.5, 0.6) is 0 Å². The molecular formula is C7H13N5O4S. The van der Waals surface area contributed by atoms with Gasteiger partial charge in [0.05, 0.1) is 5.75 Å². The highest BCUT2D eigenvalue weighted by Crippen LogP contribution is 2.07. The lowest BCUT2D eigenvalue weighted by Crippen LogP contribution is -2.33. The molecule has 1 aromatic heterocycles. The van der Waals surface area contributed by atoms with Crippen molar-refractivity contribution in [2.45, 2.75) is 0 Å². The molecule has 9 nitrogen and oxygen atoms in total. The van der Waals surface area contributed by atoms with Gasteiger partial charge >= 0.3 is 5.69 Å². The number of anilines is 2. The van der Waals surface area contributed by atoms with E-state index in [1.165, 1.54) is 7.05 Å². The van der Waals surface area contributed by atoms with Gasteiger partial charge in [-0.3, -0.25) is 14.3 Å². The molecule has 0 amide bonds. The van der Waals surface area contributed by atoms with Crippen molar-refractivity contribution in [1.82, 2.24) is 9.55 Å². The van der Waals surface area contributed by atoms with Crippen molar-refractivity contribution in [1.29, 1.82) is 0 Å². The SMILES string of the molecule is Cn1c(N)c(NCCS(N)(=O)=O)c(=O)[nH]c1=O. The minimum atomic E-state index is -3.62. The van der Waals surface area contributed by atoms with Crippen LogP contribution in [0.25, 0.3) is 0 Å². The number of hydrogen-bond acceptors (Lipinski definition) is 6. The second-order valence-electron chi connectivity index (χ2n) is 3.37. The summed E-state index contributed by atoms with van der Waals surface area (Å²) in [5, 5.41) is 7.31. The van der Waals surface area contributed by atoms with Gasteiger partial charge < -0.3 is 11.1 Å². The van der Waals surface area contributed by atoms with Crippen molar-refractivity contribution in [2.75, 3.05) is 23.3 Å². The minimum absolute atomic E-state index is 0.0595. The standard InChI is InChI=1S/C7H13N5O4S/c1-12-5(8)4(6(13)11-7(12)14)10-2-3-17(9,15)16/h10H,2-3,8H2,1H3,(H2,9,15,16)(H,11,13,14). The Labute approximate surface area is 96.5 Å². The Morgan fingerprint density at radius 1 is 1.41 bits per heavy atom. The van der Waals surface area contributed by atoms with E-state index in [2.05, 4.69) is 5.32 Å². The lowest BCUT2D eigenvalue weighted by Gasteiger charge is -2.09. The van der Waals surface area contributed by atoms with E-state index < -0.39 is 21.3 Å². The first-order chi connectivity index (χ1) is 7.72. The molecule has 0 radical (unpaired) electrons. The molecule has 96 valence electrons. The van der Waals surface area contributed by atoms with Crippen molar-refractivity contribution >= 4 is 21.5 Å². The van der Waals surface area contributed by atoms with Gasteiger partial charge in [-0.2, -0.15) is 0 Å². The summed E-state index contributed by atoms with van der Waals surface area (Å²) in [5.74, 6) is -0.428. The number of aromatic amines is 1. The largest absolute Gasteiger partial charge is 0.383 e. The molecule has 17 heavy (non-hydrogen) atoms. The molecule has 10 heteroatoms. The van der Waals surface area contributed by atoms with Gasteiger partial charge in [0.25, 0.3) is 5.56 Å². The molecule has 0 aliphatic carbocycles. The van der Waals surface area contributed by atoms with Gasteiger partial charge in [0.2, 0.25) is 10.0 Å². The van der Waals surface area contributed by atoms with E-state index in [1.54, 1.807) is 0 Å². The Morgan fingerprint density at radius 2 is 2.00 bits per heavy atom. The molecule has 0 spiro atoms. The Kier molecular flexibility index (Phi) is 3.58. The summed E-state index contributed by atoms with van der Waals surface area (Å²) in [5.41, 5.74) is 4.12. The first-order valence-corrected chi connectivity index (χ1v) is 6.27. The normalized spacial score (nSPS) is 11.4. The second kappa shape index (κ2) is 4.59. The van der Waals surface area contributed by atoms with Gasteiger partial charge in [-0.05, 0) is 0 Å². The lowest BCUT2D eigenvalue weighted by molar-refractivity contribution is 0.598. The van der Waals surface area contributed by atoms with Gasteiger partial charge in [0.15, 0.2) is 0 Å². The first kappa shape index (κ1) is 13.3. The number of nitrogens with one attached hydrogen (secondary N) is 2. The Hall–Kier alpha value is -1.81. The predicted molar refractivity (Wildman–Crippen MR) is 63.2 cm³/mol. The molecule has 0 fully saturated rings. The molecule has 1 heterocycles. The van der Waals surface area contributed by atoms with E-state index in [-0.39, 0.29) is 23.8 Å². The smallest absolute Gasteiger partial charge is 0.329 e. The molecular weight excluding hydrogens is 250 g/mol. The summed E-state index contributed by atoms with van der Waals surface area (Å²) in [4.78, 5) is 24.5. The fraction of sp³-hybridized carbons (Fsp3) is 0.429. The molecule has 0 unspecified atom stereocenters. The molecule has 0 aromatic carbocycles. The van der Waals surface area contributed by atoms with Crippen LogP contribution in [0, 0.1) is 0 Å². The first-order valence-electron chi connectivity index (χ1n) is 4.55. The third-order valence-electron chi connectivity index (χ3n) is 2.06. The minimum Gasteiger partial charge on any atom is -0.383 e. The van der Waals surface area contributed by atoms with Crippen LogP contribution in [0.2, 0.25) is 0 Å². The second-order valence-corrected chi connectivity index (χ2v) is 5.11. The van der Waals surface area contributed by atoms with Crippen LogP contribution in [-0.4, -0.2) is 30.3 Å². The van der Waals surface area contributed by atoms with Gasteiger partial charge in [-0.1, -0.05) is 0 Å².